The van der Waals surface area contributed by atoms with Crippen LogP contribution in [0.5, 0.6) is 0 Å². The fourth-order valence-electron chi connectivity index (χ4n) is 2.14. The quantitative estimate of drug-likeness (QED) is 0.736. The first-order valence-electron chi connectivity index (χ1n) is 5.53. The zero-order valence-electron chi connectivity index (χ0n) is 9.32. The Kier molecular flexibility index (Phi) is 4.27. The van der Waals surface area contributed by atoms with E-state index >= 15 is 0 Å². The maximum atomic E-state index is 11.3. The maximum absolute atomic E-state index is 11.3. The van der Waals surface area contributed by atoms with Gasteiger partial charge in [0.15, 0.2) is 0 Å². The highest BCUT2D eigenvalue weighted by atomic mass is 16.4. The Balaban J connectivity index is 2.51. The minimum absolute atomic E-state index is 0.0438. The first-order valence-corrected chi connectivity index (χ1v) is 5.53. The fourth-order valence-corrected chi connectivity index (χ4v) is 2.14. The van der Waals surface area contributed by atoms with E-state index < -0.39 is 12.0 Å². The van der Waals surface area contributed by atoms with Crippen LogP contribution in [-0.4, -0.2) is 28.9 Å². The number of hydrogen-bond donors (Lipinski definition) is 2. The number of aliphatic carboxylic acids is 1. The third-order valence-electron chi connectivity index (χ3n) is 2.93. The molecule has 86 valence electrons. The summed E-state index contributed by atoms with van der Waals surface area (Å²) >= 11 is 0. The monoisotopic (exact) mass is 213 g/mol. The van der Waals surface area contributed by atoms with Crippen LogP contribution < -0.4 is 5.32 Å². The van der Waals surface area contributed by atoms with Crippen LogP contribution in [-0.2, 0) is 9.59 Å². The lowest BCUT2D eigenvalue weighted by atomic mass is 9.87. The molecule has 2 N–H and O–H groups in total. The van der Waals surface area contributed by atoms with E-state index in [1.165, 1.54) is 0 Å². The molecule has 0 aliphatic carbocycles. The Morgan fingerprint density at radius 2 is 2.07 bits per heavy atom. The molecule has 1 saturated heterocycles. The second-order valence-corrected chi connectivity index (χ2v) is 4.43. The summed E-state index contributed by atoms with van der Waals surface area (Å²) in [7, 11) is 0. The smallest absolute Gasteiger partial charge is 0.320 e. The van der Waals surface area contributed by atoms with Gasteiger partial charge in [0.25, 0.3) is 0 Å². The summed E-state index contributed by atoms with van der Waals surface area (Å²) in [6.45, 7) is 3.88. The van der Waals surface area contributed by atoms with Gasteiger partial charge in [-0.15, -0.1) is 0 Å². The van der Waals surface area contributed by atoms with Crippen LogP contribution >= 0.6 is 0 Å². The summed E-state index contributed by atoms with van der Waals surface area (Å²) in [6, 6.07) is -0.439. The van der Waals surface area contributed by atoms with Crippen molar-refractivity contribution in [1.29, 1.82) is 0 Å². The van der Waals surface area contributed by atoms with Gasteiger partial charge in [0.05, 0.1) is 0 Å². The lowest BCUT2D eigenvalue weighted by molar-refractivity contribution is -0.141. The van der Waals surface area contributed by atoms with Gasteiger partial charge in [0, 0.05) is 18.9 Å². The first-order chi connectivity index (χ1) is 7.02. The second kappa shape index (κ2) is 5.26. The van der Waals surface area contributed by atoms with Crippen LogP contribution in [0.1, 0.15) is 39.5 Å². The molecule has 1 aliphatic rings. The van der Waals surface area contributed by atoms with E-state index in [1.54, 1.807) is 0 Å². The van der Waals surface area contributed by atoms with Gasteiger partial charge in [-0.3, -0.25) is 9.59 Å². The molecule has 4 nitrogen and oxygen atoms in total. The van der Waals surface area contributed by atoms with Gasteiger partial charge in [0.1, 0.15) is 11.8 Å². The summed E-state index contributed by atoms with van der Waals surface area (Å²) in [5.41, 5.74) is 0. The van der Waals surface area contributed by atoms with Crippen LogP contribution in [0.2, 0.25) is 0 Å². The highest BCUT2D eigenvalue weighted by Gasteiger charge is 2.30. The second-order valence-electron chi connectivity index (χ2n) is 4.43. The van der Waals surface area contributed by atoms with Crippen LogP contribution in [0, 0.1) is 5.92 Å². The summed E-state index contributed by atoms with van der Waals surface area (Å²) in [6.07, 6.45) is 2.55. The topological polar surface area (TPSA) is 66.4 Å². The molecular formula is C11H19NO3. The zero-order chi connectivity index (χ0) is 11.4. The summed E-state index contributed by atoms with van der Waals surface area (Å²) in [5.74, 6) is -0.233. The molecule has 0 saturated carbocycles. The third-order valence-corrected chi connectivity index (χ3v) is 2.93. The predicted molar refractivity (Wildman–Crippen MR) is 56.7 cm³/mol. The van der Waals surface area contributed by atoms with Gasteiger partial charge in [-0.2, -0.15) is 0 Å². The SMILES string of the molecule is CCC(=O)C[C@H]1C[C@@H](C)C[C@H](C(=O)O)N1. The standard InChI is InChI=1S/C11H19NO3/c1-3-9(13)6-8-4-7(2)5-10(12-8)11(14)15/h7-8,10,12H,3-6H2,1-2H3,(H,14,15)/t7-,8-,10-/m1/s1. The van der Waals surface area contributed by atoms with Crippen molar-refractivity contribution >= 4 is 11.8 Å². The van der Waals surface area contributed by atoms with Crippen LogP contribution in [0.3, 0.4) is 0 Å². The average Bonchev–Trinajstić information content (AvgIpc) is 2.16. The summed E-state index contributed by atoms with van der Waals surface area (Å²) in [5, 5.41) is 11.9. The van der Waals surface area contributed by atoms with E-state index in [1.807, 2.05) is 13.8 Å². The Morgan fingerprint density at radius 1 is 1.40 bits per heavy atom. The Morgan fingerprint density at radius 3 is 2.60 bits per heavy atom. The van der Waals surface area contributed by atoms with E-state index in [2.05, 4.69) is 5.32 Å². The lowest BCUT2D eigenvalue weighted by Crippen LogP contribution is -2.49. The van der Waals surface area contributed by atoms with Crippen LogP contribution in [0.25, 0.3) is 0 Å². The van der Waals surface area contributed by atoms with Crippen LogP contribution in [0.15, 0.2) is 0 Å². The van der Waals surface area contributed by atoms with Crippen molar-refractivity contribution < 1.29 is 14.7 Å². The van der Waals surface area contributed by atoms with Gasteiger partial charge in [-0.05, 0) is 18.8 Å². The van der Waals surface area contributed by atoms with E-state index in [-0.39, 0.29) is 11.8 Å². The third kappa shape index (κ3) is 3.63. The highest BCUT2D eigenvalue weighted by molar-refractivity contribution is 5.79. The molecule has 0 aromatic carbocycles. The summed E-state index contributed by atoms with van der Waals surface area (Å²) in [4.78, 5) is 22.1. The first kappa shape index (κ1) is 12.2. The number of Topliss-reactive ketones (excluding diaryl/α,β-unsaturated/α-hetero) is 1. The number of piperidine rings is 1. The molecule has 0 radical (unpaired) electrons. The molecule has 0 spiro atoms. The normalized spacial score (nSPS) is 31.2. The molecule has 1 rings (SSSR count). The molecule has 0 aromatic rings. The van der Waals surface area contributed by atoms with Gasteiger partial charge in [-0.1, -0.05) is 13.8 Å². The average molecular weight is 213 g/mol. The molecule has 0 amide bonds. The maximum Gasteiger partial charge on any atom is 0.320 e. The van der Waals surface area contributed by atoms with Gasteiger partial charge < -0.3 is 10.4 Å². The number of carbonyl (C=O) groups is 2. The van der Waals surface area contributed by atoms with Crippen molar-refractivity contribution in [3.63, 3.8) is 0 Å². The molecule has 4 heteroatoms. The number of carboxylic acids is 1. The van der Waals surface area contributed by atoms with Crippen molar-refractivity contribution in [2.45, 2.75) is 51.6 Å². The molecule has 3 atom stereocenters. The zero-order valence-corrected chi connectivity index (χ0v) is 9.32. The molecule has 0 aromatic heterocycles. The molecule has 0 unspecified atom stereocenters. The van der Waals surface area contributed by atoms with Gasteiger partial charge in [-0.25, -0.2) is 0 Å². The van der Waals surface area contributed by atoms with E-state index in [9.17, 15) is 9.59 Å². The summed E-state index contributed by atoms with van der Waals surface area (Å²) < 4.78 is 0. The molecule has 15 heavy (non-hydrogen) atoms. The van der Waals surface area contributed by atoms with Crippen molar-refractivity contribution in [1.82, 2.24) is 5.32 Å². The number of carbonyl (C=O) groups excluding carboxylic acids is 1. The lowest BCUT2D eigenvalue weighted by Gasteiger charge is -2.32. The number of hydrogen-bond acceptors (Lipinski definition) is 3. The molecule has 1 aliphatic heterocycles. The predicted octanol–water partition coefficient (Wildman–Crippen LogP) is 1.20. The minimum Gasteiger partial charge on any atom is -0.480 e. The van der Waals surface area contributed by atoms with Crippen molar-refractivity contribution in [2.24, 2.45) is 5.92 Å². The van der Waals surface area contributed by atoms with E-state index in [4.69, 9.17) is 5.11 Å². The van der Waals surface area contributed by atoms with Gasteiger partial charge in [0.2, 0.25) is 0 Å². The van der Waals surface area contributed by atoms with Gasteiger partial charge >= 0.3 is 5.97 Å². The Bertz CT molecular complexity index is 252. The van der Waals surface area contributed by atoms with Crippen LogP contribution in [0.4, 0.5) is 0 Å². The van der Waals surface area contributed by atoms with Crippen molar-refractivity contribution in [3.05, 3.63) is 0 Å². The number of ketones is 1. The largest absolute Gasteiger partial charge is 0.480 e. The van der Waals surface area contributed by atoms with E-state index in [0.29, 0.717) is 25.2 Å². The number of carboxylic acid groups (broad SMARTS) is 1. The Hall–Kier alpha value is -0.900. The van der Waals surface area contributed by atoms with E-state index in [0.717, 1.165) is 6.42 Å². The highest BCUT2D eigenvalue weighted by Crippen LogP contribution is 2.21. The van der Waals surface area contributed by atoms with Crippen molar-refractivity contribution in [3.8, 4) is 0 Å². The molecule has 0 bridgehead atoms. The fraction of sp³-hybridized carbons (Fsp3) is 0.818. The molecule has 1 fully saturated rings. The van der Waals surface area contributed by atoms with Crippen molar-refractivity contribution in [2.75, 3.05) is 0 Å². The molecular weight excluding hydrogens is 194 g/mol. The number of nitrogens with one attached hydrogen (secondary N) is 1. The minimum atomic E-state index is -0.810. The molecule has 1 heterocycles. The Labute approximate surface area is 90.0 Å². The number of rotatable bonds is 4.